The van der Waals surface area contributed by atoms with Crippen LogP contribution in [-0.2, 0) is 4.79 Å². The summed E-state index contributed by atoms with van der Waals surface area (Å²) in [6.45, 7) is 3.46. The molecule has 3 amide bonds. The summed E-state index contributed by atoms with van der Waals surface area (Å²) in [5.74, 6) is -0.383. The van der Waals surface area contributed by atoms with Crippen molar-refractivity contribution in [2.45, 2.75) is 25.8 Å². The standard InChI is InChI=1S/C6H9ClN2O2/c1-3-6(2)4(10)9(7)5(11)8-6/h3H2,1-2H3,(H,8,11). The van der Waals surface area contributed by atoms with E-state index in [-0.39, 0.29) is 5.91 Å². The summed E-state index contributed by atoms with van der Waals surface area (Å²) in [5.41, 5.74) is -0.807. The minimum Gasteiger partial charge on any atom is -0.322 e. The molecule has 0 saturated carbocycles. The SMILES string of the molecule is CCC1(C)NC(=O)N(Cl)C1=O. The smallest absolute Gasteiger partial charge is 0.322 e. The van der Waals surface area contributed by atoms with E-state index in [1.165, 1.54) is 0 Å². The molecule has 1 rings (SSSR count). The number of imide groups is 1. The first-order chi connectivity index (χ1) is 5.01. The molecule has 62 valence electrons. The van der Waals surface area contributed by atoms with Gasteiger partial charge in [-0.15, -0.1) is 0 Å². The van der Waals surface area contributed by atoms with Crippen molar-refractivity contribution in [3.05, 3.63) is 0 Å². The highest BCUT2D eigenvalue weighted by Gasteiger charge is 2.46. The van der Waals surface area contributed by atoms with Crippen molar-refractivity contribution in [1.82, 2.24) is 9.74 Å². The van der Waals surface area contributed by atoms with Crippen LogP contribution in [-0.4, -0.2) is 21.9 Å². The van der Waals surface area contributed by atoms with E-state index in [9.17, 15) is 9.59 Å². The van der Waals surface area contributed by atoms with Crippen LogP contribution in [0.1, 0.15) is 20.3 Å². The maximum absolute atomic E-state index is 11.2. The monoisotopic (exact) mass is 176 g/mol. The lowest BCUT2D eigenvalue weighted by atomic mass is 10.0. The van der Waals surface area contributed by atoms with Gasteiger partial charge in [-0.25, -0.2) is 4.79 Å². The van der Waals surface area contributed by atoms with Gasteiger partial charge in [-0.3, -0.25) is 4.79 Å². The lowest BCUT2D eigenvalue weighted by Crippen LogP contribution is -2.42. The lowest BCUT2D eigenvalue weighted by Gasteiger charge is -2.16. The average molecular weight is 177 g/mol. The molecule has 1 unspecified atom stereocenters. The molecule has 1 aliphatic rings. The molecule has 11 heavy (non-hydrogen) atoms. The number of amides is 3. The highest BCUT2D eigenvalue weighted by molar-refractivity contribution is 6.33. The van der Waals surface area contributed by atoms with Crippen molar-refractivity contribution >= 4 is 23.7 Å². The predicted octanol–water partition coefficient (Wildman–Crippen LogP) is 0.861. The number of nitrogens with zero attached hydrogens (tertiary/aromatic N) is 1. The fourth-order valence-electron chi connectivity index (χ4n) is 0.887. The van der Waals surface area contributed by atoms with Crippen molar-refractivity contribution in [3.63, 3.8) is 0 Å². The number of carbonyl (C=O) groups excluding carboxylic acids is 2. The van der Waals surface area contributed by atoms with E-state index in [2.05, 4.69) is 5.32 Å². The normalized spacial score (nSPS) is 31.0. The topological polar surface area (TPSA) is 49.4 Å². The van der Waals surface area contributed by atoms with E-state index < -0.39 is 11.6 Å². The molecule has 1 N–H and O–H groups in total. The van der Waals surface area contributed by atoms with Crippen molar-refractivity contribution in [2.75, 3.05) is 0 Å². The first-order valence-corrected chi connectivity index (χ1v) is 3.67. The second-order valence-corrected chi connectivity index (χ2v) is 3.04. The fourth-order valence-corrected chi connectivity index (χ4v) is 1.12. The summed E-state index contributed by atoms with van der Waals surface area (Å²) < 4.78 is 0.587. The van der Waals surface area contributed by atoms with Crippen LogP contribution < -0.4 is 5.32 Å². The molecule has 1 aliphatic heterocycles. The lowest BCUT2D eigenvalue weighted by molar-refractivity contribution is -0.127. The third-order valence-corrected chi connectivity index (χ3v) is 2.23. The van der Waals surface area contributed by atoms with Crippen LogP contribution in [0.5, 0.6) is 0 Å². The summed E-state index contributed by atoms with van der Waals surface area (Å²) in [4.78, 5) is 22.0. The fraction of sp³-hybridized carbons (Fsp3) is 0.667. The number of nitrogens with one attached hydrogen (secondary N) is 1. The van der Waals surface area contributed by atoms with Crippen LogP contribution in [0.15, 0.2) is 0 Å². The van der Waals surface area contributed by atoms with E-state index in [4.69, 9.17) is 11.8 Å². The van der Waals surface area contributed by atoms with Crippen LogP contribution >= 0.6 is 11.8 Å². The zero-order valence-corrected chi connectivity index (χ0v) is 7.10. The van der Waals surface area contributed by atoms with Crippen molar-refractivity contribution < 1.29 is 9.59 Å². The first-order valence-electron chi connectivity index (χ1n) is 3.34. The molecular weight excluding hydrogens is 168 g/mol. The maximum atomic E-state index is 11.2. The van der Waals surface area contributed by atoms with Gasteiger partial charge in [0, 0.05) is 11.8 Å². The van der Waals surface area contributed by atoms with Gasteiger partial charge < -0.3 is 5.32 Å². The second kappa shape index (κ2) is 2.37. The molecule has 4 nitrogen and oxygen atoms in total. The highest BCUT2D eigenvalue weighted by atomic mass is 35.5. The van der Waals surface area contributed by atoms with Gasteiger partial charge in [0.2, 0.25) is 0 Å². The second-order valence-electron chi connectivity index (χ2n) is 2.70. The van der Waals surface area contributed by atoms with E-state index in [1.807, 2.05) is 6.92 Å². The quantitative estimate of drug-likeness (QED) is 0.476. The van der Waals surface area contributed by atoms with E-state index in [0.717, 1.165) is 0 Å². The number of carbonyl (C=O) groups is 2. The van der Waals surface area contributed by atoms with Crippen LogP contribution in [0.25, 0.3) is 0 Å². The summed E-state index contributed by atoms with van der Waals surface area (Å²) in [6, 6.07) is -0.541. The molecule has 0 spiro atoms. The molecule has 0 aromatic carbocycles. The van der Waals surface area contributed by atoms with E-state index in [0.29, 0.717) is 10.8 Å². The van der Waals surface area contributed by atoms with Gasteiger partial charge in [0.15, 0.2) is 0 Å². The minimum absolute atomic E-state index is 0.383. The molecule has 0 aliphatic carbocycles. The number of hydrogen-bond donors (Lipinski definition) is 1. The minimum atomic E-state index is -0.807. The zero-order chi connectivity index (χ0) is 8.65. The summed E-state index contributed by atoms with van der Waals surface area (Å²) >= 11 is 5.35. The first kappa shape index (κ1) is 8.33. The molecule has 0 radical (unpaired) electrons. The van der Waals surface area contributed by atoms with Gasteiger partial charge in [-0.1, -0.05) is 6.92 Å². The van der Waals surface area contributed by atoms with Gasteiger partial charge in [-0.2, -0.15) is 4.42 Å². The average Bonchev–Trinajstić information content (AvgIpc) is 2.17. The number of urea groups is 1. The number of halogens is 1. The third-order valence-electron chi connectivity index (χ3n) is 1.92. The van der Waals surface area contributed by atoms with Crippen molar-refractivity contribution in [2.24, 2.45) is 0 Å². The Morgan fingerprint density at radius 3 is 2.36 bits per heavy atom. The Labute approximate surface area is 69.6 Å². The molecule has 0 aromatic rings. The van der Waals surface area contributed by atoms with Crippen molar-refractivity contribution in [3.8, 4) is 0 Å². The molecule has 0 aromatic heterocycles. The van der Waals surface area contributed by atoms with Crippen molar-refractivity contribution in [1.29, 1.82) is 0 Å². The molecule has 1 atom stereocenters. The van der Waals surface area contributed by atoms with Crippen LogP contribution in [0.2, 0.25) is 0 Å². The Kier molecular flexibility index (Phi) is 1.80. The Balaban J connectivity index is 2.91. The molecule has 1 heterocycles. The summed E-state index contributed by atoms with van der Waals surface area (Å²) in [6.07, 6.45) is 0.542. The Morgan fingerprint density at radius 1 is 1.64 bits per heavy atom. The van der Waals surface area contributed by atoms with Gasteiger partial charge in [0.1, 0.15) is 5.54 Å². The molecule has 0 bridgehead atoms. The maximum Gasteiger partial charge on any atom is 0.340 e. The largest absolute Gasteiger partial charge is 0.340 e. The van der Waals surface area contributed by atoms with E-state index in [1.54, 1.807) is 6.92 Å². The van der Waals surface area contributed by atoms with Gasteiger partial charge in [0.05, 0.1) is 0 Å². The Hall–Kier alpha value is -0.770. The summed E-state index contributed by atoms with van der Waals surface area (Å²) in [5, 5.41) is 2.48. The number of rotatable bonds is 1. The van der Waals surface area contributed by atoms with Gasteiger partial charge in [-0.05, 0) is 13.3 Å². The molecule has 5 heteroatoms. The predicted molar refractivity (Wildman–Crippen MR) is 39.9 cm³/mol. The van der Waals surface area contributed by atoms with Crippen LogP contribution in [0.3, 0.4) is 0 Å². The van der Waals surface area contributed by atoms with Gasteiger partial charge in [0.25, 0.3) is 5.91 Å². The number of hydrogen-bond acceptors (Lipinski definition) is 2. The highest BCUT2D eigenvalue weighted by Crippen LogP contribution is 2.21. The van der Waals surface area contributed by atoms with E-state index >= 15 is 0 Å². The van der Waals surface area contributed by atoms with Crippen LogP contribution in [0, 0.1) is 0 Å². The summed E-state index contributed by atoms with van der Waals surface area (Å²) in [7, 11) is 0. The molecule has 1 fully saturated rings. The van der Waals surface area contributed by atoms with Crippen LogP contribution in [0.4, 0.5) is 4.79 Å². The zero-order valence-electron chi connectivity index (χ0n) is 6.35. The van der Waals surface area contributed by atoms with Gasteiger partial charge >= 0.3 is 6.03 Å². The Bertz CT molecular complexity index is 219. The molecule has 1 saturated heterocycles. The third kappa shape index (κ3) is 1.07. The Morgan fingerprint density at radius 2 is 2.18 bits per heavy atom. The molecular formula is C6H9ClN2O2.